The topological polar surface area (TPSA) is 74.2 Å². The lowest BCUT2D eigenvalue weighted by atomic mass is 10.0. The van der Waals surface area contributed by atoms with Gasteiger partial charge in [0.1, 0.15) is 5.01 Å². The molecule has 6 heteroatoms. The number of nitrogens with zero attached hydrogens (tertiary/aromatic N) is 1. The van der Waals surface area contributed by atoms with E-state index in [0.29, 0.717) is 12.3 Å². The third-order valence-electron chi connectivity index (χ3n) is 4.21. The number of benzene rings is 1. The normalized spacial score (nSPS) is 16.4. The molecule has 1 aromatic carbocycles. The quantitative estimate of drug-likeness (QED) is 0.720. The van der Waals surface area contributed by atoms with Crippen LogP contribution in [0.1, 0.15) is 47.6 Å². The first-order valence-electron chi connectivity index (χ1n) is 8.32. The van der Waals surface area contributed by atoms with Gasteiger partial charge in [0.2, 0.25) is 0 Å². The number of nitrogens with one attached hydrogen (secondary N) is 2. The first-order valence-corrected chi connectivity index (χ1v) is 9.20. The molecule has 0 bridgehead atoms. The molecule has 1 heterocycles. The number of aliphatic hydroxyl groups is 1. The van der Waals surface area contributed by atoms with Gasteiger partial charge in [-0.2, -0.15) is 0 Å². The molecular formula is C18H23N3O2S. The minimum absolute atomic E-state index is 0.0192. The van der Waals surface area contributed by atoms with Crippen molar-refractivity contribution >= 4 is 17.4 Å². The molecule has 1 fully saturated rings. The number of hydrogen-bond acceptors (Lipinski definition) is 4. The molecule has 3 N–H and O–H groups in total. The van der Waals surface area contributed by atoms with Crippen molar-refractivity contribution in [2.24, 2.45) is 5.92 Å². The Hall–Kier alpha value is -1.92. The molecule has 2 aromatic rings. The van der Waals surface area contributed by atoms with Crippen molar-refractivity contribution in [2.45, 2.75) is 38.3 Å². The van der Waals surface area contributed by atoms with Gasteiger partial charge < -0.3 is 15.7 Å². The van der Waals surface area contributed by atoms with Crippen molar-refractivity contribution in [3.63, 3.8) is 0 Å². The van der Waals surface area contributed by atoms with Crippen molar-refractivity contribution < 1.29 is 9.90 Å². The predicted octanol–water partition coefficient (Wildman–Crippen LogP) is 3.33. The largest absolute Gasteiger partial charge is 0.396 e. The zero-order chi connectivity index (χ0) is 16.9. The van der Waals surface area contributed by atoms with Crippen molar-refractivity contribution in [3.05, 3.63) is 52.0 Å². The Labute approximate surface area is 146 Å². The van der Waals surface area contributed by atoms with Crippen LogP contribution in [-0.2, 0) is 0 Å². The van der Waals surface area contributed by atoms with Crippen LogP contribution in [-0.4, -0.2) is 22.7 Å². The first kappa shape index (κ1) is 16.9. The standard InChI is InChI=1S/C18H23N3O2S/c1-12-11-24-17(19-12)16(14-7-8-14)21-18(23)20-15(9-10-22)13-5-3-2-4-6-13/h2-6,11,14-16,22H,7-10H2,1H3,(H2,20,21,23)/t15-,16?/m1/s1. The van der Waals surface area contributed by atoms with E-state index < -0.39 is 0 Å². The third-order valence-corrected chi connectivity index (χ3v) is 5.25. The summed E-state index contributed by atoms with van der Waals surface area (Å²) in [5, 5.41) is 18.4. The van der Waals surface area contributed by atoms with Gasteiger partial charge in [-0.3, -0.25) is 0 Å². The Morgan fingerprint density at radius 2 is 2.08 bits per heavy atom. The predicted molar refractivity (Wildman–Crippen MR) is 94.9 cm³/mol. The SMILES string of the molecule is Cc1csc(C(NC(=O)N[C@H](CCO)c2ccccc2)C2CC2)n1. The zero-order valence-corrected chi connectivity index (χ0v) is 14.6. The third kappa shape index (κ3) is 4.33. The van der Waals surface area contributed by atoms with E-state index in [4.69, 9.17) is 0 Å². The number of thiazole rings is 1. The maximum absolute atomic E-state index is 12.5. The molecule has 128 valence electrons. The van der Waals surface area contributed by atoms with Crippen LogP contribution in [0.5, 0.6) is 0 Å². The number of aliphatic hydroxyl groups excluding tert-OH is 1. The Balaban J connectivity index is 1.66. The summed E-state index contributed by atoms with van der Waals surface area (Å²) in [5.74, 6) is 0.481. The van der Waals surface area contributed by atoms with Gasteiger partial charge in [0.25, 0.3) is 0 Å². The second kappa shape index (κ2) is 7.77. The molecule has 0 spiro atoms. The lowest BCUT2D eigenvalue weighted by Crippen LogP contribution is -2.40. The average molecular weight is 345 g/mol. The minimum atomic E-state index is -0.206. The van der Waals surface area contributed by atoms with Crippen molar-refractivity contribution in [1.82, 2.24) is 15.6 Å². The number of aryl methyl sites for hydroxylation is 1. The van der Waals surface area contributed by atoms with Crippen LogP contribution in [0.15, 0.2) is 35.7 Å². The van der Waals surface area contributed by atoms with E-state index in [-0.39, 0.29) is 24.7 Å². The highest BCUT2D eigenvalue weighted by Crippen LogP contribution is 2.41. The summed E-state index contributed by atoms with van der Waals surface area (Å²) in [7, 11) is 0. The van der Waals surface area contributed by atoms with Gasteiger partial charge in [0, 0.05) is 17.7 Å². The van der Waals surface area contributed by atoms with Crippen LogP contribution in [0.2, 0.25) is 0 Å². The zero-order valence-electron chi connectivity index (χ0n) is 13.7. The highest BCUT2D eigenvalue weighted by molar-refractivity contribution is 7.09. The van der Waals surface area contributed by atoms with E-state index in [1.165, 1.54) is 0 Å². The Kier molecular flexibility index (Phi) is 5.48. The van der Waals surface area contributed by atoms with E-state index in [1.54, 1.807) is 11.3 Å². The van der Waals surface area contributed by atoms with Gasteiger partial charge >= 0.3 is 6.03 Å². The number of aromatic nitrogens is 1. The van der Waals surface area contributed by atoms with Gasteiger partial charge in [-0.25, -0.2) is 9.78 Å². The molecule has 24 heavy (non-hydrogen) atoms. The number of hydrogen-bond donors (Lipinski definition) is 3. The molecule has 0 aliphatic heterocycles. The molecule has 1 unspecified atom stereocenters. The summed E-state index contributed by atoms with van der Waals surface area (Å²) in [5.41, 5.74) is 1.99. The highest BCUT2D eigenvalue weighted by atomic mass is 32.1. The van der Waals surface area contributed by atoms with Crippen LogP contribution >= 0.6 is 11.3 Å². The van der Waals surface area contributed by atoms with E-state index >= 15 is 0 Å². The van der Waals surface area contributed by atoms with Crippen LogP contribution in [0, 0.1) is 12.8 Å². The van der Waals surface area contributed by atoms with E-state index in [1.807, 2.05) is 42.6 Å². The Morgan fingerprint density at radius 3 is 2.67 bits per heavy atom. The van der Waals surface area contributed by atoms with Gasteiger partial charge in [-0.15, -0.1) is 11.3 Å². The summed E-state index contributed by atoms with van der Waals surface area (Å²) in [6.07, 6.45) is 2.74. The van der Waals surface area contributed by atoms with Crippen molar-refractivity contribution in [3.8, 4) is 0 Å². The van der Waals surface area contributed by atoms with Gasteiger partial charge in [-0.05, 0) is 37.7 Å². The molecule has 2 atom stereocenters. The number of urea groups is 1. The molecule has 1 saturated carbocycles. The Bertz CT molecular complexity index is 670. The van der Waals surface area contributed by atoms with Gasteiger partial charge in [0.05, 0.1) is 12.1 Å². The van der Waals surface area contributed by atoms with Crippen LogP contribution in [0.3, 0.4) is 0 Å². The minimum Gasteiger partial charge on any atom is -0.396 e. The molecule has 1 aliphatic carbocycles. The summed E-state index contributed by atoms with van der Waals surface area (Å²) in [4.78, 5) is 17.0. The molecule has 0 saturated heterocycles. The highest BCUT2D eigenvalue weighted by Gasteiger charge is 2.35. The van der Waals surface area contributed by atoms with Gasteiger partial charge in [0.15, 0.2) is 0 Å². The number of carbonyl (C=O) groups is 1. The summed E-state index contributed by atoms with van der Waals surface area (Å²) in [6.45, 7) is 1.99. The fraction of sp³-hybridized carbons (Fsp3) is 0.444. The summed E-state index contributed by atoms with van der Waals surface area (Å²) in [6, 6.07) is 9.31. The van der Waals surface area contributed by atoms with Gasteiger partial charge in [-0.1, -0.05) is 30.3 Å². The van der Waals surface area contributed by atoms with Crippen LogP contribution < -0.4 is 10.6 Å². The first-order chi connectivity index (χ1) is 11.7. The molecule has 5 nitrogen and oxygen atoms in total. The average Bonchev–Trinajstić information content (AvgIpc) is 3.34. The monoisotopic (exact) mass is 345 g/mol. The van der Waals surface area contributed by atoms with Crippen LogP contribution in [0.25, 0.3) is 0 Å². The molecule has 1 aliphatic rings. The lowest BCUT2D eigenvalue weighted by Gasteiger charge is -2.22. The molecule has 3 rings (SSSR count). The van der Waals surface area contributed by atoms with Crippen LogP contribution in [0.4, 0.5) is 4.79 Å². The second-order valence-corrected chi connectivity index (χ2v) is 7.13. The number of rotatable bonds is 7. The lowest BCUT2D eigenvalue weighted by molar-refractivity contribution is 0.224. The molecule has 1 aromatic heterocycles. The maximum Gasteiger partial charge on any atom is 0.315 e. The maximum atomic E-state index is 12.5. The number of carbonyl (C=O) groups excluding carboxylic acids is 1. The molecular weight excluding hydrogens is 322 g/mol. The second-order valence-electron chi connectivity index (χ2n) is 6.24. The van der Waals surface area contributed by atoms with Crippen molar-refractivity contribution in [2.75, 3.05) is 6.61 Å². The van der Waals surface area contributed by atoms with E-state index in [9.17, 15) is 9.90 Å². The fourth-order valence-corrected chi connectivity index (χ4v) is 3.74. The smallest absolute Gasteiger partial charge is 0.315 e. The molecule has 0 radical (unpaired) electrons. The van der Waals surface area contributed by atoms with E-state index in [0.717, 1.165) is 29.1 Å². The number of amides is 2. The van der Waals surface area contributed by atoms with Crippen molar-refractivity contribution in [1.29, 1.82) is 0 Å². The summed E-state index contributed by atoms with van der Waals surface area (Å²) >= 11 is 1.60. The molecule has 2 amide bonds. The Morgan fingerprint density at radius 1 is 1.33 bits per heavy atom. The van der Waals surface area contributed by atoms with E-state index in [2.05, 4.69) is 15.6 Å². The fourth-order valence-electron chi connectivity index (χ4n) is 2.80. The summed E-state index contributed by atoms with van der Waals surface area (Å²) < 4.78 is 0.